The third kappa shape index (κ3) is 0.970. The molecule has 0 aromatic rings. The Kier molecular flexibility index (Phi) is 1.24. The molecule has 1 heterocycles. The van der Waals surface area contributed by atoms with Crippen molar-refractivity contribution in [2.75, 3.05) is 13.2 Å². The molecule has 1 saturated heterocycles. The second-order valence-electron chi connectivity index (χ2n) is 3.20. The first-order chi connectivity index (χ1) is 4.38. The summed E-state index contributed by atoms with van der Waals surface area (Å²) in [7, 11) is 0. The predicted molar refractivity (Wildman–Crippen MR) is 35.0 cm³/mol. The summed E-state index contributed by atoms with van der Waals surface area (Å²) in [5, 5.41) is 0. The lowest BCUT2D eigenvalue weighted by molar-refractivity contribution is 0.181. The van der Waals surface area contributed by atoms with Crippen LogP contribution in [0.2, 0.25) is 0 Å². The van der Waals surface area contributed by atoms with E-state index in [1.54, 1.807) is 0 Å². The minimum atomic E-state index is 0.345. The summed E-state index contributed by atoms with van der Waals surface area (Å²) in [6, 6.07) is 0.345. The maximum absolute atomic E-state index is 5.79. The Morgan fingerprint density at radius 2 is 2.00 bits per heavy atom. The van der Waals surface area contributed by atoms with E-state index in [1.165, 1.54) is 12.8 Å². The molecule has 2 fully saturated rings. The van der Waals surface area contributed by atoms with Gasteiger partial charge in [0.15, 0.2) is 0 Å². The molecule has 2 aliphatic rings. The monoisotopic (exact) mass is 127 g/mol. The Morgan fingerprint density at radius 1 is 1.22 bits per heavy atom. The van der Waals surface area contributed by atoms with Crippen LogP contribution in [0.5, 0.6) is 0 Å². The molecule has 2 N–H and O–H groups in total. The first-order valence-corrected chi connectivity index (χ1v) is 3.71. The first kappa shape index (κ1) is 5.69. The van der Waals surface area contributed by atoms with Gasteiger partial charge in [0.1, 0.15) is 0 Å². The van der Waals surface area contributed by atoms with Gasteiger partial charge in [0.25, 0.3) is 0 Å². The first-order valence-electron chi connectivity index (χ1n) is 3.71. The zero-order valence-corrected chi connectivity index (χ0v) is 5.55. The standard InChI is InChI=1S/C7H13NO/c8-7-4-9-3-6(7)5-1-2-5/h5-7H,1-4,8H2. The highest BCUT2D eigenvalue weighted by Crippen LogP contribution is 2.39. The van der Waals surface area contributed by atoms with Crippen LogP contribution in [-0.4, -0.2) is 19.3 Å². The molecule has 0 amide bonds. The number of rotatable bonds is 1. The van der Waals surface area contributed by atoms with Gasteiger partial charge in [-0.1, -0.05) is 0 Å². The van der Waals surface area contributed by atoms with Crippen molar-refractivity contribution in [2.24, 2.45) is 17.6 Å². The summed E-state index contributed by atoms with van der Waals surface area (Å²) in [5.41, 5.74) is 5.79. The van der Waals surface area contributed by atoms with Crippen LogP contribution in [0.4, 0.5) is 0 Å². The molecule has 2 heteroatoms. The molecule has 2 rings (SSSR count). The van der Waals surface area contributed by atoms with Crippen molar-refractivity contribution < 1.29 is 4.74 Å². The molecule has 2 nitrogen and oxygen atoms in total. The van der Waals surface area contributed by atoms with E-state index in [2.05, 4.69) is 0 Å². The fourth-order valence-corrected chi connectivity index (χ4v) is 1.60. The van der Waals surface area contributed by atoms with E-state index in [0.29, 0.717) is 12.0 Å². The maximum Gasteiger partial charge on any atom is 0.0621 e. The molecular formula is C7H13NO. The molecule has 0 aromatic carbocycles. The van der Waals surface area contributed by atoms with Gasteiger partial charge in [-0.05, 0) is 18.8 Å². The Bertz CT molecular complexity index is 111. The molecule has 0 radical (unpaired) electrons. The van der Waals surface area contributed by atoms with Crippen molar-refractivity contribution in [3.05, 3.63) is 0 Å². The quantitative estimate of drug-likeness (QED) is 0.552. The molecule has 0 spiro atoms. The number of ether oxygens (including phenoxy) is 1. The molecule has 9 heavy (non-hydrogen) atoms. The lowest BCUT2D eigenvalue weighted by atomic mass is 9.99. The predicted octanol–water partition coefficient (Wildman–Crippen LogP) is 0.370. The van der Waals surface area contributed by atoms with Crippen LogP contribution in [0.15, 0.2) is 0 Å². The van der Waals surface area contributed by atoms with Crippen molar-refractivity contribution in [3.8, 4) is 0 Å². The van der Waals surface area contributed by atoms with E-state index in [4.69, 9.17) is 10.5 Å². The Labute approximate surface area is 55.4 Å². The molecule has 0 aromatic heterocycles. The topological polar surface area (TPSA) is 35.2 Å². The molecule has 52 valence electrons. The van der Waals surface area contributed by atoms with Gasteiger partial charge in [-0.2, -0.15) is 0 Å². The summed E-state index contributed by atoms with van der Waals surface area (Å²) < 4.78 is 5.25. The number of hydrogen-bond donors (Lipinski definition) is 1. The van der Waals surface area contributed by atoms with Crippen molar-refractivity contribution in [2.45, 2.75) is 18.9 Å². The highest BCUT2D eigenvalue weighted by molar-refractivity contribution is 4.90. The van der Waals surface area contributed by atoms with Gasteiger partial charge in [0.2, 0.25) is 0 Å². The van der Waals surface area contributed by atoms with Crippen LogP contribution in [-0.2, 0) is 4.74 Å². The van der Waals surface area contributed by atoms with Gasteiger partial charge < -0.3 is 10.5 Å². The number of hydrogen-bond acceptors (Lipinski definition) is 2. The fraction of sp³-hybridized carbons (Fsp3) is 1.00. The molecule has 2 unspecified atom stereocenters. The second-order valence-corrected chi connectivity index (χ2v) is 3.20. The summed E-state index contributed by atoms with van der Waals surface area (Å²) in [5.74, 6) is 1.62. The molecule has 1 aliphatic heterocycles. The average molecular weight is 127 g/mol. The SMILES string of the molecule is NC1COCC1C1CC1. The minimum Gasteiger partial charge on any atom is -0.379 e. The summed E-state index contributed by atoms with van der Waals surface area (Å²) >= 11 is 0. The van der Waals surface area contributed by atoms with E-state index in [0.717, 1.165) is 19.1 Å². The highest BCUT2D eigenvalue weighted by Gasteiger charge is 2.38. The molecule has 0 bridgehead atoms. The Morgan fingerprint density at radius 3 is 2.44 bits per heavy atom. The smallest absolute Gasteiger partial charge is 0.0621 e. The van der Waals surface area contributed by atoms with Crippen LogP contribution in [0.25, 0.3) is 0 Å². The molecular weight excluding hydrogens is 114 g/mol. The minimum absolute atomic E-state index is 0.345. The van der Waals surface area contributed by atoms with Crippen molar-refractivity contribution >= 4 is 0 Å². The highest BCUT2D eigenvalue weighted by atomic mass is 16.5. The van der Waals surface area contributed by atoms with Crippen LogP contribution in [0.3, 0.4) is 0 Å². The molecule has 1 aliphatic carbocycles. The van der Waals surface area contributed by atoms with Gasteiger partial charge in [-0.15, -0.1) is 0 Å². The van der Waals surface area contributed by atoms with Crippen molar-refractivity contribution in [1.29, 1.82) is 0 Å². The largest absolute Gasteiger partial charge is 0.379 e. The lowest BCUT2D eigenvalue weighted by Gasteiger charge is -2.09. The summed E-state index contributed by atoms with van der Waals surface area (Å²) in [4.78, 5) is 0. The zero-order valence-electron chi connectivity index (χ0n) is 5.55. The van der Waals surface area contributed by atoms with E-state index >= 15 is 0 Å². The second kappa shape index (κ2) is 1.96. The third-order valence-electron chi connectivity index (χ3n) is 2.40. The van der Waals surface area contributed by atoms with Gasteiger partial charge in [-0.25, -0.2) is 0 Å². The van der Waals surface area contributed by atoms with Crippen LogP contribution < -0.4 is 5.73 Å². The number of nitrogens with two attached hydrogens (primary N) is 1. The van der Waals surface area contributed by atoms with Crippen LogP contribution >= 0.6 is 0 Å². The molecule has 1 saturated carbocycles. The molecule has 2 atom stereocenters. The third-order valence-corrected chi connectivity index (χ3v) is 2.40. The van der Waals surface area contributed by atoms with E-state index in [-0.39, 0.29) is 0 Å². The van der Waals surface area contributed by atoms with Gasteiger partial charge >= 0.3 is 0 Å². The van der Waals surface area contributed by atoms with Gasteiger partial charge in [0, 0.05) is 12.0 Å². The maximum atomic E-state index is 5.79. The van der Waals surface area contributed by atoms with Crippen LogP contribution in [0, 0.1) is 11.8 Å². The van der Waals surface area contributed by atoms with E-state index in [1.807, 2.05) is 0 Å². The normalized spacial score (nSPS) is 43.7. The summed E-state index contributed by atoms with van der Waals surface area (Å²) in [6.45, 7) is 1.72. The van der Waals surface area contributed by atoms with E-state index < -0.39 is 0 Å². The lowest BCUT2D eigenvalue weighted by Crippen LogP contribution is -2.29. The Balaban J connectivity index is 1.93. The summed E-state index contributed by atoms with van der Waals surface area (Å²) in [6.07, 6.45) is 2.78. The van der Waals surface area contributed by atoms with Gasteiger partial charge in [0.05, 0.1) is 13.2 Å². The van der Waals surface area contributed by atoms with Crippen LogP contribution in [0.1, 0.15) is 12.8 Å². The fourth-order valence-electron chi connectivity index (χ4n) is 1.60. The zero-order chi connectivity index (χ0) is 6.27. The van der Waals surface area contributed by atoms with Crippen molar-refractivity contribution in [3.63, 3.8) is 0 Å². The average Bonchev–Trinajstić information content (AvgIpc) is 2.58. The van der Waals surface area contributed by atoms with E-state index in [9.17, 15) is 0 Å². The van der Waals surface area contributed by atoms with Crippen molar-refractivity contribution in [1.82, 2.24) is 0 Å². The Hall–Kier alpha value is -0.0800. The van der Waals surface area contributed by atoms with Gasteiger partial charge in [-0.3, -0.25) is 0 Å².